The number of carboxylic acids is 1. The fourth-order valence-corrected chi connectivity index (χ4v) is 5.18. The molecule has 42 heavy (non-hydrogen) atoms. The van der Waals surface area contributed by atoms with Crippen molar-refractivity contribution in [2.45, 2.75) is 139 Å². The summed E-state index contributed by atoms with van der Waals surface area (Å²) < 4.78 is 45.7. The number of ether oxygens (including phenoxy) is 8. The highest BCUT2D eigenvalue weighted by atomic mass is 16.7. The molecule has 0 aromatic carbocycles. The second-order valence-corrected chi connectivity index (χ2v) is 11.1. The first-order chi connectivity index (χ1) is 20.0. The number of hydrogen-bond acceptors (Lipinski definition) is 14. The Balaban J connectivity index is 1.62. The zero-order valence-electron chi connectivity index (χ0n) is 24.6. The maximum atomic E-state index is 12.0. The molecule has 0 aromatic rings. The fourth-order valence-electron chi connectivity index (χ4n) is 5.18. The summed E-state index contributed by atoms with van der Waals surface area (Å²) in [6.45, 7) is 5.06. The normalized spacial score (nSPS) is 41.2. The minimum absolute atomic E-state index is 0.00969. The average molecular weight is 613 g/mol. The third-order valence-corrected chi connectivity index (χ3v) is 7.79. The molecular formula is C27H48O15. The van der Waals surface area contributed by atoms with Crippen molar-refractivity contribution in [1.82, 2.24) is 0 Å². The third kappa shape index (κ3) is 9.72. The van der Waals surface area contributed by atoms with E-state index in [-0.39, 0.29) is 37.9 Å². The lowest BCUT2D eigenvalue weighted by Gasteiger charge is -2.41. The smallest absolute Gasteiger partial charge is 0.333 e. The van der Waals surface area contributed by atoms with Crippen LogP contribution in [0.5, 0.6) is 0 Å². The summed E-state index contributed by atoms with van der Waals surface area (Å²) in [5.41, 5.74) is 0. The van der Waals surface area contributed by atoms with Crippen LogP contribution in [0, 0.1) is 0 Å². The molecule has 0 spiro atoms. The second-order valence-electron chi connectivity index (χ2n) is 11.1. The van der Waals surface area contributed by atoms with Gasteiger partial charge in [-0.3, -0.25) is 0 Å². The monoisotopic (exact) mass is 612 g/mol. The molecule has 3 rings (SSSR count). The number of aliphatic hydroxyl groups is 5. The Bertz CT molecular complexity index is 789. The van der Waals surface area contributed by atoms with Crippen molar-refractivity contribution in [3.63, 3.8) is 0 Å². The van der Waals surface area contributed by atoms with Gasteiger partial charge in [-0.05, 0) is 20.3 Å². The predicted molar refractivity (Wildman–Crippen MR) is 141 cm³/mol. The van der Waals surface area contributed by atoms with E-state index in [2.05, 4.69) is 0 Å². The molecule has 3 aliphatic rings. The molecule has 3 saturated heterocycles. The molecule has 0 radical (unpaired) electrons. The van der Waals surface area contributed by atoms with E-state index in [0.717, 1.165) is 6.42 Å². The number of carbonyl (C=O) groups is 1. The summed E-state index contributed by atoms with van der Waals surface area (Å²) in [7, 11) is 1.39. The largest absolute Gasteiger partial charge is 0.479 e. The van der Waals surface area contributed by atoms with E-state index in [1.54, 1.807) is 6.92 Å². The molecule has 0 aliphatic carbocycles. The molecule has 3 fully saturated rings. The Kier molecular flexibility index (Phi) is 14.2. The maximum Gasteiger partial charge on any atom is 0.333 e. The van der Waals surface area contributed by atoms with Gasteiger partial charge >= 0.3 is 5.97 Å². The molecular weight excluding hydrogens is 564 g/mol. The molecule has 246 valence electrons. The van der Waals surface area contributed by atoms with Crippen LogP contribution >= 0.6 is 0 Å². The van der Waals surface area contributed by atoms with Gasteiger partial charge < -0.3 is 68.5 Å². The Hall–Kier alpha value is -1.05. The summed E-state index contributed by atoms with van der Waals surface area (Å²) >= 11 is 0. The lowest BCUT2D eigenvalue weighted by molar-refractivity contribution is -0.306. The maximum absolute atomic E-state index is 12.0. The van der Waals surface area contributed by atoms with Crippen LogP contribution in [0.2, 0.25) is 0 Å². The van der Waals surface area contributed by atoms with Crippen molar-refractivity contribution >= 4 is 5.97 Å². The molecule has 14 atom stereocenters. The highest BCUT2D eigenvalue weighted by Crippen LogP contribution is 2.32. The van der Waals surface area contributed by atoms with Crippen LogP contribution in [-0.4, -0.2) is 150 Å². The van der Waals surface area contributed by atoms with Crippen LogP contribution in [0.25, 0.3) is 0 Å². The van der Waals surface area contributed by atoms with Gasteiger partial charge in [0.05, 0.1) is 56.4 Å². The Labute approximate surface area is 245 Å². The molecule has 6 N–H and O–H groups in total. The van der Waals surface area contributed by atoms with Gasteiger partial charge in [0.1, 0.15) is 24.4 Å². The Morgan fingerprint density at radius 2 is 1.48 bits per heavy atom. The number of rotatable bonds is 14. The molecule has 0 saturated carbocycles. The molecule has 0 aromatic heterocycles. The zero-order valence-corrected chi connectivity index (χ0v) is 24.6. The van der Waals surface area contributed by atoms with Crippen molar-refractivity contribution in [3.05, 3.63) is 0 Å². The lowest BCUT2D eigenvalue weighted by atomic mass is 10.0. The highest BCUT2D eigenvalue weighted by molar-refractivity contribution is 5.72. The van der Waals surface area contributed by atoms with Gasteiger partial charge in [0, 0.05) is 32.8 Å². The molecule has 15 heteroatoms. The van der Waals surface area contributed by atoms with Gasteiger partial charge in [-0.1, -0.05) is 6.92 Å². The van der Waals surface area contributed by atoms with Gasteiger partial charge in [0.2, 0.25) is 0 Å². The molecule has 0 amide bonds. The van der Waals surface area contributed by atoms with Gasteiger partial charge in [-0.2, -0.15) is 0 Å². The quantitative estimate of drug-likeness (QED) is 0.137. The van der Waals surface area contributed by atoms with Gasteiger partial charge in [-0.25, -0.2) is 4.79 Å². The van der Waals surface area contributed by atoms with Crippen molar-refractivity contribution in [1.29, 1.82) is 0 Å². The number of hydrogen-bond donors (Lipinski definition) is 6. The lowest BCUT2D eigenvalue weighted by Crippen LogP contribution is -2.54. The highest BCUT2D eigenvalue weighted by Gasteiger charge is 2.45. The van der Waals surface area contributed by atoms with Crippen LogP contribution in [0.1, 0.15) is 52.9 Å². The van der Waals surface area contributed by atoms with Crippen molar-refractivity contribution in [3.8, 4) is 0 Å². The number of methoxy groups -OCH3 is 1. The summed E-state index contributed by atoms with van der Waals surface area (Å²) in [5, 5.41) is 61.4. The fraction of sp³-hybridized carbons (Fsp3) is 0.963. The van der Waals surface area contributed by atoms with Crippen molar-refractivity contribution in [2.75, 3.05) is 26.9 Å². The minimum atomic E-state index is -1.45. The van der Waals surface area contributed by atoms with E-state index >= 15 is 0 Å². The number of aliphatic carboxylic acids is 1. The first kappa shape index (κ1) is 35.4. The minimum Gasteiger partial charge on any atom is -0.479 e. The number of aliphatic hydroxyl groups excluding tert-OH is 5. The number of carboxylic acid groups (broad SMARTS) is 1. The van der Waals surface area contributed by atoms with Gasteiger partial charge in [0.15, 0.2) is 25.0 Å². The molecule has 3 aliphatic heterocycles. The van der Waals surface area contributed by atoms with E-state index in [4.69, 9.17) is 37.9 Å². The topological polar surface area (TPSA) is 212 Å². The van der Waals surface area contributed by atoms with E-state index in [1.807, 2.05) is 13.8 Å². The predicted octanol–water partition coefficient (Wildman–Crippen LogP) is -1.12. The van der Waals surface area contributed by atoms with Crippen molar-refractivity contribution < 1.29 is 73.3 Å². The van der Waals surface area contributed by atoms with Crippen LogP contribution in [0.3, 0.4) is 0 Å². The van der Waals surface area contributed by atoms with Crippen LogP contribution in [0.4, 0.5) is 0 Å². The zero-order chi connectivity index (χ0) is 31.0. The second kappa shape index (κ2) is 16.9. The van der Waals surface area contributed by atoms with E-state index in [9.17, 15) is 35.4 Å². The van der Waals surface area contributed by atoms with Gasteiger partial charge in [-0.15, -0.1) is 0 Å². The first-order valence-electron chi connectivity index (χ1n) is 14.5. The summed E-state index contributed by atoms with van der Waals surface area (Å²) in [4.78, 5) is 12.0. The average Bonchev–Trinajstić information content (AvgIpc) is 3.11. The summed E-state index contributed by atoms with van der Waals surface area (Å²) in [6, 6.07) is 0. The van der Waals surface area contributed by atoms with Crippen molar-refractivity contribution in [2.24, 2.45) is 0 Å². The van der Waals surface area contributed by atoms with Crippen LogP contribution < -0.4 is 0 Å². The van der Waals surface area contributed by atoms with Crippen LogP contribution in [0.15, 0.2) is 0 Å². The van der Waals surface area contributed by atoms with Gasteiger partial charge in [0.25, 0.3) is 0 Å². The van der Waals surface area contributed by atoms with E-state index in [1.165, 1.54) is 7.11 Å². The molecule has 3 heterocycles. The molecule has 7 unspecified atom stereocenters. The SMILES string of the molecule is CC[C@@H](C)OCC(C)OC1C[C@@H](O)[C@H](OC2C[C@@H](O)[C@H](OC3CC(OC)[C@H](O)C(CO)O3)CC(C(=O)O)O2)[C@@H](CO)O1. The van der Waals surface area contributed by atoms with Crippen LogP contribution in [-0.2, 0) is 42.7 Å². The standard InChI is InChI=1S/C27H48O15/c1-5-13(2)36-12-14(3)37-22-7-16(31)26(21(11-29)41-22)42-23-6-15(30)17(8-19(39-23)27(33)34)38-24-9-18(35-4)25(32)20(10-28)40-24/h13-26,28-32H,5-12H2,1-4H3,(H,33,34)/t13-,14?,15-,16-,17-,18?,19?,20?,21-,22?,23?,24?,25+,26+/m1/s1. The third-order valence-electron chi connectivity index (χ3n) is 7.79. The Morgan fingerprint density at radius 1 is 0.833 bits per heavy atom. The van der Waals surface area contributed by atoms with E-state index in [0.29, 0.717) is 6.61 Å². The summed E-state index contributed by atoms with van der Waals surface area (Å²) in [5.74, 6) is -1.32. The summed E-state index contributed by atoms with van der Waals surface area (Å²) in [6.07, 6.45) is -12.9. The van der Waals surface area contributed by atoms with E-state index < -0.39 is 93.0 Å². The first-order valence-corrected chi connectivity index (χ1v) is 14.5. The molecule has 15 nitrogen and oxygen atoms in total. The molecule has 0 bridgehead atoms. The Morgan fingerprint density at radius 3 is 2.10 bits per heavy atom.